The van der Waals surface area contributed by atoms with Crippen molar-refractivity contribution in [2.75, 3.05) is 18.5 Å². The van der Waals surface area contributed by atoms with Crippen LogP contribution in [0.1, 0.15) is 30.4 Å². The molecule has 1 aromatic rings. The van der Waals surface area contributed by atoms with Crippen molar-refractivity contribution >= 4 is 17.6 Å². The van der Waals surface area contributed by atoms with Gasteiger partial charge in [-0.1, -0.05) is 12.1 Å². The Kier molecular flexibility index (Phi) is 3.57. The van der Waals surface area contributed by atoms with Gasteiger partial charge in [-0.15, -0.1) is 0 Å². The van der Waals surface area contributed by atoms with Crippen LogP contribution in [0.25, 0.3) is 0 Å². The standard InChI is InChI=1S/C16H20N2O3/c1-17-8-2-3-12-9-11(4-5-13(12)17)10-18-14(16(20)21)6-7-15(18)19/h4-5,9,14H,2-3,6-8,10H2,1H3,(H,20,21). The van der Waals surface area contributed by atoms with Gasteiger partial charge < -0.3 is 14.9 Å². The van der Waals surface area contributed by atoms with E-state index in [0.29, 0.717) is 19.4 Å². The second-order valence-electron chi connectivity index (χ2n) is 5.90. The van der Waals surface area contributed by atoms with Crippen LogP contribution >= 0.6 is 0 Å². The number of nitrogens with zero attached hydrogens (tertiary/aromatic N) is 2. The zero-order valence-electron chi connectivity index (χ0n) is 12.2. The number of rotatable bonds is 3. The molecule has 2 aliphatic rings. The summed E-state index contributed by atoms with van der Waals surface area (Å²) in [4.78, 5) is 26.8. The topological polar surface area (TPSA) is 60.9 Å². The van der Waals surface area contributed by atoms with E-state index in [4.69, 9.17) is 0 Å². The van der Waals surface area contributed by atoms with Crippen LogP contribution in [0.4, 0.5) is 5.69 Å². The fraction of sp³-hybridized carbons (Fsp3) is 0.500. The largest absolute Gasteiger partial charge is 0.480 e. The minimum absolute atomic E-state index is 0.0581. The number of aryl methyl sites for hydroxylation is 1. The van der Waals surface area contributed by atoms with Crippen LogP contribution in [0.2, 0.25) is 0 Å². The number of carboxylic acids is 1. The summed E-state index contributed by atoms with van der Waals surface area (Å²) in [6.07, 6.45) is 2.93. The molecule has 112 valence electrons. The molecule has 0 radical (unpaired) electrons. The predicted octanol–water partition coefficient (Wildman–Crippen LogP) is 1.64. The van der Waals surface area contributed by atoms with Gasteiger partial charge in [-0.2, -0.15) is 0 Å². The maximum absolute atomic E-state index is 11.9. The van der Waals surface area contributed by atoms with Crippen molar-refractivity contribution in [3.05, 3.63) is 29.3 Å². The van der Waals surface area contributed by atoms with E-state index in [0.717, 1.165) is 24.9 Å². The van der Waals surface area contributed by atoms with E-state index < -0.39 is 12.0 Å². The first-order valence-corrected chi connectivity index (χ1v) is 7.41. The van der Waals surface area contributed by atoms with Gasteiger partial charge in [0.2, 0.25) is 5.91 Å². The number of amides is 1. The summed E-state index contributed by atoms with van der Waals surface area (Å²) in [5, 5.41) is 9.21. The molecule has 0 aromatic heterocycles. The van der Waals surface area contributed by atoms with Gasteiger partial charge in [0.05, 0.1) is 0 Å². The fourth-order valence-electron chi connectivity index (χ4n) is 3.32. The third kappa shape index (κ3) is 2.60. The maximum atomic E-state index is 11.9. The third-order valence-electron chi connectivity index (χ3n) is 4.46. The van der Waals surface area contributed by atoms with E-state index in [2.05, 4.69) is 24.1 Å². The molecule has 21 heavy (non-hydrogen) atoms. The number of likely N-dealkylation sites (tertiary alicyclic amines) is 1. The van der Waals surface area contributed by atoms with Crippen LogP contribution in [0, 0.1) is 0 Å². The molecule has 3 rings (SSSR count). The van der Waals surface area contributed by atoms with Crippen molar-refractivity contribution in [1.82, 2.24) is 4.90 Å². The summed E-state index contributed by atoms with van der Waals surface area (Å²) in [6.45, 7) is 1.46. The van der Waals surface area contributed by atoms with E-state index >= 15 is 0 Å². The number of hydrogen-bond acceptors (Lipinski definition) is 3. The lowest BCUT2D eigenvalue weighted by molar-refractivity contribution is -0.146. The quantitative estimate of drug-likeness (QED) is 0.918. The first kappa shape index (κ1) is 13.9. The van der Waals surface area contributed by atoms with Crippen molar-refractivity contribution in [3.8, 4) is 0 Å². The van der Waals surface area contributed by atoms with Gasteiger partial charge in [0, 0.05) is 32.2 Å². The first-order chi connectivity index (χ1) is 10.1. The molecule has 0 aliphatic carbocycles. The van der Waals surface area contributed by atoms with Gasteiger partial charge >= 0.3 is 5.97 Å². The number of carboxylic acid groups (broad SMARTS) is 1. The third-order valence-corrected chi connectivity index (χ3v) is 4.46. The zero-order valence-corrected chi connectivity index (χ0v) is 12.2. The van der Waals surface area contributed by atoms with Crippen LogP contribution in [0.15, 0.2) is 18.2 Å². The Labute approximate surface area is 124 Å². The summed E-state index contributed by atoms with van der Waals surface area (Å²) >= 11 is 0. The lowest BCUT2D eigenvalue weighted by Crippen LogP contribution is -2.38. The molecule has 0 bridgehead atoms. The highest BCUT2D eigenvalue weighted by atomic mass is 16.4. The molecule has 1 atom stereocenters. The number of hydrogen-bond donors (Lipinski definition) is 1. The second kappa shape index (κ2) is 5.39. The van der Waals surface area contributed by atoms with E-state index in [1.807, 2.05) is 6.07 Å². The summed E-state index contributed by atoms with van der Waals surface area (Å²) < 4.78 is 0. The molecule has 1 fully saturated rings. The molecule has 1 amide bonds. The van der Waals surface area contributed by atoms with Crippen molar-refractivity contribution < 1.29 is 14.7 Å². The number of fused-ring (bicyclic) bond motifs is 1. The molecule has 1 N–H and O–H groups in total. The lowest BCUT2D eigenvalue weighted by Gasteiger charge is -2.28. The Bertz CT molecular complexity index is 585. The Balaban J connectivity index is 1.81. The molecule has 0 saturated carbocycles. The molecule has 0 spiro atoms. The predicted molar refractivity (Wildman–Crippen MR) is 79.2 cm³/mol. The summed E-state index contributed by atoms with van der Waals surface area (Å²) in [6, 6.07) is 5.54. The van der Waals surface area contributed by atoms with Crippen LogP contribution in [0.3, 0.4) is 0 Å². The molecule has 2 heterocycles. The normalized spacial score (nSPS) is 21.6. The smallest absolute Gasteiger partial charge is 0.326 e. The molecular weight excluding hydrogens is 268 g/mol. The number of carbonyl (C=O) groups is 2. The number of anilines is 1. The second-order valence-corrected chi connectivity index (χ2v) is 5.90. The van der Waals surface area contributed by atoms with E-state index in [1.54, 1.807) is 0 Å². The van der Waals surface area contributed by atoms with Gasteiger partial charge in [-0.05, 0) is 36.5 Å². The fourth-order valence-corrected chi connectivity index (χ4v) is 3.32. The molecule has 5 nitrogen and oxygen atoms in total. The van der Waals surface area contributed by atoms with Crippen molar-refractivity contribution in [2.24, 2.45) is 0 Å². The minimum atomic E-state index is -0.904. The molecule has 1 unspecified atom stereocenters. The highest BCUT2D eigenvalue weighted by Crippen LogP contribution is 2.28. The molecule has 2 aliphatic heterocycles. The van der Waals surface area contributed by atoms with E-state index in [-0.39, 0.29) is 5.91 Å². The SMILES string of the molecule is CN1CCCc2cc(CN3C(=O)CCC3C(=O)O)ccc21. The minimum Gasteiger partial charge on any atom is -0.480 e. The summed E-state index contributed by atoms with van der Waals surface area (Å²) in [5.74, 6) is -0.962. The first-order valence-electron chi connectivity index (χ1n) is 7.41. The van der Waals surface area contributed by atoms with Gasteiger partial charge in [0.15, 0.2) is 0 Å². The zero-order chi connectivity index (χ0) is 15.0. The average molecular weight is 288 g/mol. The summed E-state index contributed by atoms with van der Waals surface area (Å²) in [5.41, 5.74) is 3.55. The lowest BCUT2D eigenvalue weighted by atomic mass is 9.99. The Morgan fingerprint density at radius 1 is 1.38 bits per heavy atom. The van der Waals surface area contributed by atoms with Crippen molar-refractivity contribution in [3.63, 3.8) is 0 Å². The van der Waals surface area contributed by atoms with Crippen LogP contribution in [-0.2, 0) is 22.6 Å². The highest BCUT2D eigenvalue weighted by Gasteiger charge is 2.35. The number of aliphatic carboxylic acids is 1. The maximum Gasteiger partial charge on any atom is 0.326 e. The van der Waals surface area contributed by atoms with Crippen molar-refractivity contribution in [1.29, 1.82) is 0 Å². The molecule has 1 aromatic carbocycles. The van der Waals surface area contributed by atoms with Gasteiger partial charge in [-0.25, -0.2) is 4.79 Å². The van der Waals surface area contributed by atoms with Gasteiger partial charge in [0.25, 0.3) is 0 Å². The average Bonchev–Trinajstić information content (AvgIpc) is 2.81. The van der Waals surface area contributed by atoms with Crippen molar-refractivity contribution in [2.45, 2.75) is 38.3 Å². The number of benzene rings is 1. The van der Waals surface area contributed by atoms with Gasteiger partial charge in [-0.3, -0.25) is 4.79 Å². The monoisotopic (exact) mass is 288 g/mol. The molecule has 1 saturated heterocycles. The highest BCUT2D eigenvalue weighted by molar-refractivity contribution is 5.87. The van der Waals surface area contributed by atoms with E-state index in [9.17, 15) is 14.7 Å². The van der Waals surface area contributed by atoms with Crippen LogP contribution in [-0.4, -0.2) is 41.5 Å². The Morgan fingerprint density at radius 3 is 2.95 bits per heavy atom. The van der Waals surface area contributed by atoms with Gasteiger partial charge in [0.1, 0.15) is 6.04 Å². The molecule has 5 heteroatoms. The van der Waals surface area contributed by atoms with Crippen LogP contribution < -0.4 is 4.90 Å². The molecular formula is C16H20N2O3. The van der Waals surface area contributed by atoms with E-state index in [1.165, 1.54) is 16.2 Å². The summed E-state index contributed by atoms with van der Waals surface area (Å²) in [7, 11) is 2.09. The number of carbonyl (C=O) groups excluding carboxylic acids is 1. The Morgan fingerprint density at radius 2 is 2.19 bits per heavy atom. The Hall–Kier alpha value is -2.04. The van der Waals surface area contributed by atoms with Crippen LogP contribution in [0.5, 0.6) is 0 Å².